The molecule has 7 heteroatoms. The van der Waals surface area contributed by atoms with Crippen LogP contribution in [0.1, 0.15) is 11.3 Å². The van der Waals surface area contributed by atoms with Crippen LogP contribution < -0.4 is 4.74 Å². The number of rotatable bonds is 7. The molecule has 2 aromatic carbocycles. The first-order valence-electron chi connectivity index (χ1n) is 9.09. The second kappa shape index (κ2) is 9.11. The van der Waals surface area contributed by atoms with Gasteiger partial charge in [-0.3, -0.25) is 4.98 Å². The van der Waals surface area contributed by atoms with E-state index < -0.39 is 0 Å². The van der Waals surface area contributed by atoms with Crippen molar-refractivity contribution in [2.24, 2.45) is 7.05 Å². The first-order valence-corrected chi connectivity index (χ1v) is 10.5. The molecule has 0 aliphatic rings. The Morgan fingerprint density at radius 1 is 0.966 bits per heavy atom. The summed E-state index contributed by atoms with van der Waals surface area (Å²) in [6.07, 6.45) is 1.77. The first-order chi connectivity index (χ1) is 14.2. The van der Waals surface area contributed by atoms with E-state index in [9.17, 15) is 0 Å². The van der Waals surface area contributed by atoms with Crippen LogP contribution in [0.5, 0.6) is 5.75 Å². The lowest BCUT2D eigenvalue weighted by Gasteiger charge is -2.07. The van der Waals surface area contributed by atoms with Crippen molar-refractivity contribution in [3.05, 3.63) is 89.2 Å². The maximum Gasteiger partial charge on any atom is 0.191 e. The van der Waals surface area contributed by atoms with Crippen LogP contribution in [0.3, 0.4) is 0 Å². The summed E-state index contributed by atoms with van der Waals surface area (Å²) in [5.74, 6) is 2.45. The Kier molecular flexibility index (Phi) is 6.12. The number of hydrogen-bond acceptors (Lipinski definition) is 5. The van der Waals surface area contributed by atoms with Crippen molar-refractivity contribution in [3.8, 4) is 17.1 Å². The van der Waals surface area contributed by atoms with Crippen molar-refractivity contribution in [2.45, 2.75) is 17.5 Å². The number of halogens is 1. The minimum Gasteiger partial charge on any atom is -0.487 e. The molecule has 29 heavy (non-hydrogen) atoms. The third-order valence-corrected chi connectivity index (χ3v) is 5.68. The molecule has 0 amide bonds. The fraction of sp³-hybridized carbons (Fsp3) is 0.136. The summed E-state index contributed by atoms with van der Waals surface area (Å²) in [5, 5.41) is 10.2. The predicted octanol–water partition coefficient (Wildman–Crippen LogP) is 5.40. The molecule has 0 N–H and O–H groups in total. The van der Waals surface area contributed by atoms with Gasteiger partial charge in [0, 0.05) is 29.6 Å². The van der Waals surface area contributed by atoms with E-state index >= 15 is 0 Å². The largest absolute Gasteiger partial charge is 0.487 e. The number of hydrogen-bond donors (Lipinski definition) is 0. The van der Waals surface area contributed by atoms with Crippen LogP contribution in [0, 0.1) is 0 Å². The quantitative estimate of drug-likeness (QED) is 0.373. The number of thioether (sulfide) groups is 1. The van der Waals surface area contributed by atoms with Gasteiger partial charge in [0.15, 0.2) is 11.0 Å². The van der Waals surface area contributed by atoms with Gasteiger partial charge in [-0.1, -0.05) is 41.6 Å². The lowest BCUT2D eigenvalue weighted by molar-refractivity contribution is 0.301. The van der Waals surface area contributed by atoms with Crippen LogP contribution in [0.25, 0.3) is 11.4 Å². The SMILES string of the molecule is Cn1c(SCc2ccc(OCc3ccccn3)cc2)nnc1-c1ccc(Cl)cc1. The fourth-order valence-corrected chi connectivity index (χ4v) is 3.75. The van der Waals surface area contributed by atoms with Crippen molar-refractivity contribution in [1.82, 2.24) is 19.7 Å². The highest BCUT2D eigenvalue weighted by atomic mass is 35.5. The average molecular weight is 423 g/mol. The van der Waals surface area contributed by atoms with E-state index in [-0.39, 0.29) is 0 Å². The van der Waals surface area contributed by atoms with Crippen molar-refractivity contribution in [3.63, 3.8) is 0 Å². The van der Waals surface area contributed by atoms with Gasteiger partial charge in [-0.05, 0) is 54.1 Å². The third-order valence-electron chi connectivity index (χ3n) is 4.34. The van der Waals surface area contributed by atoms with Gasteiger partial charge in [-0.25, -0.2) is 0 Å². The molecule has 0 atom stereocenters. The minimum absolute atomic E-state index is 0.460. The normalized spacial score (nSPS) is 10.8. The van der Waals surface area contributed by atoms with Gasteiger partial charge in [0.25, 0.3) is 0 Å². The summed E-state index contributed by atoms with van der Waals surface area (Å²) in [6.45, 7) is 0.460. The van der Waals surface area contributed by atoms with E-state index in [0.717, 1.165) is 33.7 Å². The van der Waals surface area contributed by atoms with E-state index in [0.29, 0.717) is 11.6 Å². The molecule has 0 fully saturated rings. The van der Waals surface area contributed by atoms with Gasteiger partial charge in [0.2, 0.25) is 0 Å². The lowest BCUT2D eigenvalue weighted by Crippen LogP contribution is -1.97. The molecule has 0 unspecified atom stereocenters. The summed E-state index contributed by atoms with van der Waals surface area (Å²) in [5.41, 5.74) is 3.09. The molecule has 0 aliphatic heterocycles. The van der Waals surface area contributed by atoms with Gasteiger partial charge in [-0.15, -0.1) is 10.2 Å². The summed E-state index contributed by atoms with van der Waals surface area (Å²) in [7, 11) is 1.97. The highest BCUT2D eigenvalue weighted by Crippen LogP contribution is 2.26. The molecule has 2 heterocycles. The van der Waals surface area contributed by atoms with Crippen LogP contribution in [-0.4, -0.2) is 19.7 Å². The zero-order valence-electron chi connectivity index (χ0n) is 15.8. The Morgan fingerprint density at radius 2 is 1.76 bits per heavy atom. The van der Waals surface area contributed by atoms with Crippen LogP contribution in [0.2, 0.25) is 5.02 Å². The molecule has 0 radical (unpaired) electrons. The maximum atomic E-state index is 5.96. The van der Waals surface area contributed by atoms with Gasteiger partial charge >= 0.3 is 0 Å². The summed E-state index contributed by atoms with van der Waals surface area (Å²) in [4.78, 5) is 4.26. The molecule has 0 bridgehead atoms. The Balaban J connectivity index is 1.35. The Morgan fingerprint density at radius 3 is 2.48 bits per heavy atom. The molecular formula is C22H19ClN4OS. The van der Waals surface area contributed by atoms with Gasteiger partial charge in [0.05, 0.1) is 5.69 Å². The van der Waals surface area contributed by atoms with E-state index in [1.54, 1.807) is 18.0 Å². The molecule has 146 valence electrons. The molecule has 0 saturated carbocycles. The van der Waals surface area contributed by atoms with Crippen molar-refractivity contribution >= 4 is 23.4 Å². The highest BCUT2D eigenvalue weighted by Gasteiger charge is 2.11. The van der Waals surface area contributed by atoms with E-state index in [1.165, 1.54) is 5.56 Å². The number of aromatic nitrogens is 4. The molecule has 2 aromatic heterocycles. The smallest absolute Gasteiger partial charge is 0.191 e. The van der Waals surface area contributed by atoms with E-state index in [2.05, 4.69) is 27.3 Å². The molecule has 4 aromatic rings. The zero-order chi connectivity index (χ0) is 20.1. The number of benzene rings is 2. The molecule has 0 spiro atoms. The summed E-state index contributed by atoms with van der Waals surface area (Å²) in [6, 6.07) is 21.5. The molecule has 5 nitrogen and oxygen atoms in total. The van der Waals surface area contributed by atoms with E-state index in [4.69, 9.17) is 16.3 Å². The summed E-state index contributed by atoms with van der Waals surface area (Å²) >= 11 is 7.61. The fourth-order valence-electron chi connectivity index (χ4n) is 2.76. The van der Waals surface area contributed by atoms with Crippen LogP contribution in [0.4, 0.5) is 0 Å². The first kappa shape index (κ1) is 19.5. The van der Waals surface area contributed by atoms with Crippen molar-refractivity contribution < 1.29 is 4.74 Å². The van der Waals surface area contributed by atoms with E-state index in [1.807, 2.05) is 66.2 Å². The van der Waals surface area contributed by atoms with Crippen LogP contribution in [-0.2, 0) is 19.4 Å². The molecule has 4 rings (SSSR count). The zero-order valence-corrected chi connectivity index (χ0v) is 17.4. The van der Waals surface area contributed by atoms with Crippen LogP contribution in [0.15, 0.2) is 78.1 Å². The number of pyridine rings is 1. The lowest BCUT2D eigenvalue weighted by atomic mass is 10.2. The second-order valence-electron chi connectivity index (χ2n) is 6.41. The van der Waals surface area contributed by atoms with Gasteiger partial charge in [0.1, 0.15) is 12.4 Å². The average Bonchev–Trinajstić information content (AvgIpc) is 3.13. The second-order valence-corrected chi connectivity index (χ2v) is 7.79. The molecule has 0 saturated heterocycles. The highest BCUT2D eigenvalue weighted by molar-refractivity contribution is 7.98. The Hall–Kier alpha value is -2.83. The minimum atomic E-state index is 0.460. The van der Waals surface area contributed by atoms with Crippen molar-refractivity contribution in [1.29, 1.82) is 0 Å². The molecular weight excluding hydrogens is 404 g/mol. The maximum absolute atomic E-state index is 5.96. The van der Waals surface area contributed by atoms with Crippen molar-refractivity contribution in [2.75, 3.05) is 0 Å². The summed E-state index contributed by atoms with van der Waals surface area (Å²) < 4.78 is 7.78. The Bertz CT molecular complexity index is 1070. The topological polar surface area (TPSA) is 52.8 Å². The van der Waals surface area contributed by atoms with Crippen LogP contribution >= 0.6 is 23.4 Å². The molecule has 0 aliphatic carbocycles. The van der Waals surface area contributed by atoms with Gasteiger partial charge < -0.3 is 9.30 Å². The van der Waals surface area contributed by atoms with Gasteiger partial charge in [-0.2, -0.15) is 0 Å². The standard InChI is InChI=1S/C22H19ClN4OS/c1-27-21(17-7-9-18(23)10-8-17)25-26-22(27)29-15-16-5-11-20(12-6-16)28-14-19-4-2-3-13-24-19/h2-13H,14-15H2,1H3. The Labute approximate surface area is 178 Å². The number of ether oxygens (including phenoxy) is 1. The number of nitrogens with zero attached hydrogens (tertiary/aromatic N) is 4. The third kappa shape index (κ3) is 4.96. The monoisotopic (exact) mass is 422 g/mol. The predicted molar refractivity (Wildman–Crippen MR) is 116 cm³/mol.